The van der Waals surface area contributed by atoms with E-state index >= 15 is 0 Å². The van der Waals surface area contributed by atoms with E-state index in [1.807, 2.05) is 0 Å². The summed E-state index contributed by atoms with van der Waals surface area (Å²) in [5.74, 6) is 0.780. The molecule has 0 aromatic heterocycles. The molecule has 2 aliphatic carbocycles. The van der Waals surface area contributed by atoms with E-state index in [1.54, 1.807) is 0 Å². The maximum Gasteiger partial charge on any atom is 0.166 e. The first kappa shape index (κ1) is 10.2. The van der Waals surface area contributed by atoms with E-state index in [0.29, 0.717) is 12.1 Å². The summed E-state index contributed by atoms with van der Waals surface area (Å²) in [6.45, 7) is 2.33. The van der Waals surface area contributed by atoms with Crippen molar-refractivity contribution in [2.24, 2.45) is 5.92 Å². The van der Waals surface area contributed by atoms with Gasteiger partial charge >= 0.3 is 0 Å². The molecule has 0 amide bonds. The molecular formula is C11H20N2S. The van der Waals surface area contributed by atoms with Gasteiger partial charge in [-0.2, -0.15) is 0 Å². The van der Waals surface area contributed by atoms with Gasteiger partial charge in [-0.25, -0.2) is 0 Å². The van der Waals surface area contributed by atoms with E-state index in [-0.39, 0.29) is 0 Å². The number of rotatable bonds is 2. The van der Waals surface area contributed by atoms with Gasteiger partial charge in [0.05, 0.1) is 0 Å². The average Bonchev–Trinajstić information content (AvgIpc) is 2.93. The standard InChI is InChI=1S/C11H20N2S/c1-8-4-2-3-5-10(8)13-11(14)12-9-6-7-9/h8-10H,2-7H2,1H3,(H2,12,13,14)/t8-,10-/m0/s1. The zero-order valence-electron chi connectivity index (χ0n) is 8.88. The van der Waals surface area contributed by atoms with Crippen LogP contribution in [0.1, 0.15) is 45.4 Å². The second-order valence-corrected chi connectivity index (χ2v) is 5.17. The minimum atomic E-state index is 0.613. The Morgan fingerprint density at radius 2 is 1.79 bits per heavy atom. The van der Waals surface area contributed by atoms with Crippen molar-refractivity contribution in [1.82, 2.24) is 10.6 Å². The van der Waals surface area contributed by atoms with E-state index in [9.17, 15) is 0 Å². The van der Waals surface area contributed by atoms with Crippen LogP contribution in [-0.2, 0) is 0 Å². The van der Waals surface area contributed by atoms with Crippen LogP contribution in [0.5, 0.6) is 0 Å². The Bertz CT molecular complexity index is 213. The first-order chi connectivity index (χ1) is 6.75. The van der Waals surface area contributed by atoms with Crippen molar-refractivity contribution in [3.05, 3.63) is 0 Å². The lowest BCUT2D eigenvalue weighted by molar-refractivity contribution is 0.308. The van der Waals surface area contributed by atoms with Crippen molar-refractivity contribution in [3.8, 4) is 0 Å². The molecule has 2 atom stereocenters. The third-order valence-electron chi connectivity index (χ3n) is 3.34. The summed E-state index contributed by atoms with van der Waals surface area (Å²) in [4.78, 5) is 0. The summed E-state index contributed by atoms with van der Waals surface area (Å²) in [6.07, 6.45) is 7.97. The largest absolute Gasteiger partial charge is 0.360 e. The predicted octanol–water partition coefficient (Wildman–Crippen LogP) is 2.19. The molecule has 0 heterocycles. The Labute approximate surface area is 91.8 Å². The van der Waals surface area contributed by atoms with Gasteiger partial charge in [-0.15, -0.1) is 0 Å². The maximum absolute atomic E-state index is 5.28. The Hall–Kier alpha value is -0.310. The SMILES string of the molecule is C[C@H]1CCCC[C@@H]1NC(=S)NC1CC1. The Morgan fingerprint density at radius 1 is 1.07 bits per heavy atom. The molecule has 0 spiro atoms. The summed E-state index contributed by atoms with van der Waals surface area (Å²) in [5.41, 5.74) is 0. The fourth-order valence-electron chi connectivity index (χ4n) is 2.15. The fraction of sp³-hybridized carbons (Fsp3) is 0.909. The Balaban J connectivity index is 1.73. The second kappa shape index (κ2) is 4.47. The molecule has 2 saturated carbocycles. The van der Waals surface area contributed by atoms with Crippen molar-refractivity contribution in [2.45, 2.75) is 57.5 Å². The highest BCUT2D eigenvalue weighted by Crippen LogP contribution is 2.24. The van der Waals surface area contributed by atoms with E-state index in [0.717, 1.165) is 11.0 Å². The van der Waals surface area contributed by atoms with Crippen molar-refractivity contribution < 1.29 is 0 Å². The van der Waals surface area contributed by atoms with Gasteiger partial charge in [-0.05, 0) is 43.8 Å². The first-order valence-electron chi connectivity index (χ1n) is 5.83. The zero-order valence-corrected chi connectivity index (χ0v) is 9.70. The smallest absolute Gasteiger partial charge is 0.166 e. The minimum Gasteiger partial charge on any atom is -0.360 e. The summed E-state index contributed by atoms with van der Waals surface area (Å²) in [5, 5.41) is 7.68. The van der Waals surface area contributed by atoms with Crippen LogP contribution in [0, 0.1) is 5.92 Å². The van der Waals surface area contributed by atoms with Gasteiger partial charge in [-0.3, -0.25) is 0 Å². The van der Waals surface area contributed by atoms with Gasteiger partial charge in [-0.1, -0.05) is 19.8 Å². The van der Waals surface area contributed by atoms with Crippen LogP contribution < -0.4 is 10.6 Å². The molecule has 3 heteroatoms. The molecule has 0 unspecified atom stereocenters. The number of hydrogen-bond donors (Lipinski definition) is 2. The van der Waals surface area contributed by atoms with Crippen molar-refractivity contribution in [1.29, 1.82) is 0 Å². The highest BCUT2D eigenvalue weighted by Gasteiger charge is 2.25. The molecule has 2 N–H and O–H groups in total. The summed E-state index contributed by atoms with van der Waals surface area (Å²) >= 11 is 5.28. The lowest BCUT2D eigenvalue weighted by atomic mass is 9.86. The van der Waals surface area contributed by atoms with Gasteiger partial charge in [0.1, 0.15) is 0 Å². The first-order valence-corrected chi connectivity index (χ1v) is 6.23. The third-order valence-corrected chi connectivity index (χ3v) is 3.58. The van der Waals surface area contributed by atoms with E-state index in [4.69, 9.17) is 12.2 Å². The molecule has 0 aromatic carbocycles. The van der Waals surface area contributed by atoms with Crippen LogP contribution >= 0.6 is 12.2 Å². The topological polar surface area (TPSA) is 24.1 Å². The van der Waals surface area contributed by atoms with Crippen molar-refractivity contribution in [3.63, 3.8) is 0 Å². The lowest BCUT2D eigenvalue weighted by Gasteiger charge is -2.30. The van der Waals surface area contributed by atoms with E-state index < -0.39 is 0 Å². The van der Waals surface area contributed by atoms with E-state index in [1.165, 1.54) is 38.5 Å². The summed E-state index contributed by atoms with van der Waals surface area (Å²) < 4.78 is 0. The van der Waals surface area contributed by atoms with Crippen molar-refractivity contribution in [2.75, 3.05) is 0 Å². The Kier molecular flexibility index (Phi) is 3.26. The predicted molar refractivity (Wildman–Crippen MR) is 63.3 cm³/mol. The molecule has 2 rings (SSSR count). The van der Waals surface area contributed by atoms with Crippen LogP contribution in [0.25, 0.3) is 0 Å². The van der Waals surface area contributed by atoms with Crippen LogP contribution in [-0.4, -0.2) is 17.2 Å². The van der Waals surface area contributed by atoms with Gasteiger partial charge in [0, 0.05) is 12.1 Å². The summed E-state index contributed by atoms with van der Waals surface area (Å²) in [7, 11) is 0. The highest BCUT2D eigenvalue weighted by atomic mass is 32.1. The summed E-state index contributed by atoms with van der Waals surface area (Å²) in [6, 6.07) is 1.29. The average molecular weight is 212 g/mol. The number of thiocarbonyl (C=S) groups is 1. The molecule has 0 saturated heterocycles. The molecule has 2 nitrogen and oxygen atoms in total. The normalized spacial score (nSPS) is 32.4. The third kappa shape index (κ3) is 2.84. The van der Waals surface area contributed by atoms with Crippen LogP contribution in [0.15, 0.2) is 0 Å². The van der Waals surface area contributed by atoms with Crippen LogP contribution in [0.2, 0.25) is 0 Å². The lowest BCUT2D eigenvalue weighted by Crippen LogP contribution is -2.46. The monoisotopic (exact) mass is 212 g/mol. The van der Waals surface area contributed by atoms with Gasteiger partial charge in [0.15, 0.2) is 5.11 Å². The van der Waals surface area contributed by atoms with Crippen LogP contribution in [0.3, 0.4) is 0 Å². The minimum absolute atomic E-state index is 0.613. The molecule has 0 bridgehead atoms. The number of hydrogen-bond acceptors (Lipinski definition) is 1. The number of nitrogens with one attached hydrogen (secondary N) is 2. The molecule has 2 aliphatic rings. The molecule has 2 fully saturated rings. The molecule has 14 heavy (non-hydrogen) atoms. The molecule has 0 aliphatic heterocycles. The van der Waals surface area contributed by atoms with Gasteiger partial charge < -0.3 is 10.6 Å². The van der Waals surface area contributed by atoms with Gasteiger partial charge in [0.2, 0.25) is 0 Å². The quantitative estimate of drug-likeness (QED) is 0.686. The zero-order chi connectivity index (χ0) is 9.97. The molecule has 80 valence electrons. The van der Waals surface area contributed by atoms with Gasteiger partial charge in [0.25, 0.3) is 0 Å². The van der Waals surface area contributed by atoms with E-state index in [2.05, 4.69) is 17.6 Å². The molecule has 0 aromatic rings. The Morgan fingerprint density at radius 3 is 2.43 bits per heavy atom. The molecular weight excluding hydrogens is 192 g/mol. The maximum atomic E-state index is 5.28. The van der Waals surface area contributed by atoms with Crippen molar-refractivity contribution >= 4 is 17.3 Å². The highest BCUT2D eigenvalue weighted by molar-refractivity contribution is 7.80. The molecule has 0 radical (unpaired) electrons. The second-order valence-electron chi connectivity index (χ2n) is 4.76. The fourth-order valence-corrected chi connectivity index (χ4v) is 2.47. The van der Waals surface area contributed by atoms with Crippen LogP contribution in [0.4, 0.5) is 0 Å².